The van der Waals surface area contributed by atoms with Gasteiger partial charge in [0.2, 0.25) is 0 Å². The van der Waals surface area contributed by atoms with Gasteiger partial charge in [-0.1, -0.05) is 12.1 Å². The summed E-state index contributed by atoms with van der Waals surface area (Å²) in [6, 6.07) is 9.96. The van der Waals surface area contributed by atoms with Gasteiger partial charge in [-0.3, -0.25) is 14.4 Å². The van der Waals surface area contributed by atoms with Crippen molar-refractivity contribution in [3.05, 3.63) is 58.9 Å². The van der Waals surface area contributed by atoms with Gasteiger partial charge in [-0.05, 0) is 37.6 Å². The Morgan fingerprint density at radius 1 is 1.25 bits per heavy atom. The normalized spacial score (nSPS) is 18.4. The Labute approximate surface area is 140 Å². The van der Waals surface area contributed by atoms with Crippen LogP contribution in [-0.2, 0) is 13.0 Å². The molecule has 1 aliphatic heterocycles. The standard InChI is InChI=1S/C18H21N5O/c24-18-15-6-1-2-7-16(15)20-17(21-18)8-12-22-10-3-5-14(22)13-23-11-4-9-19-23/h1-2,4,6-7,9,11,14H,3,5,8,10,12-13H2,(H,20,21,24)/t14-/m0/s1. The lowest BCUT2D eigenvalue weighted by Gasteiger charge is -2.24. The number of nitrogens with zero attached hydrogens (tertiary/aromatic N) is 4. The highest BCUT2D eigenvalue weighted by Gasteiger charge is 2.24. The van der Waals surface area contributed by atoms with E-state index in [1.807, 2.05) is 47.4 Å². The lowest BCUT2D eigenvalue weighted by atomic mass is 10.2. The summed E-state index contributed by atoms with van der Waals surface area (Å²) in [5.74, 6) is 0.767. The molecule has 0 unspecified atom stereocenters. The number of likely N-dealkylation sites (tertiary alicyclic amines) is 1. The summed E-state index contributed by atoms with van der Waals surface area (Å²) in [6.45, 7) is 2.94. The van der Waals surface area contributed by atoms with Crippen molar-refractivity contribution in [3.63, 3.8) is 0 Å². The second-order valence-electron chi connectivity index (χ2n) is 6.34. The number of aromatic nitrogens is 4. The first kappa shape index (κ1) is 15.1. The number of H-pyrrole nitrogens is 1. The van der Waals surface area contributed by atoms with E-state index in [1.165, 1.54) is 12.8 Å². The Kier molecular flexibility index (Phi) is 4.13. The summed E-state index contributed by atoms with van der Waals surface area (Å²) in [4.78, 5) is 22.2. The van der Waals surface area contributed by atoms with E-state index in [0.717, 1.165) is 37.4 Å². The molecule has 6 nitrogen and oxygen atoms in total. The lowest BCUT2D eigenvalue weighted by molar-refractivity contribution is 0.228. The molecule has 0 spiro atoms. The van der Waals surface area contributed by atoms with E-state index in [-0.39, 0.29) is 5.56 Å². The van der Waals surface area contributed by atoms with Crippen molar-refractivity contribution >= 4 is 10.9 Å². The molecule has 1 fully saturated rings. The molecule has 0 radical (unpaired) electrons. The predicted molar refractivity (Wildman–Crippen MR) is 92.9 cm³/mol. The number of fused-ring (bicyclic) bond motifs is 1. The number of benzene rings is 1. The van der Waals surface area contributed by atoms with Crippen LogP contribution in [0.4, 0.5) is 0 Å². The Balaban J connectivity index is 1.45. The molecule has 4 rings (SSSR count). The van der Waals surface area contributed by atoms with Gasteiger partial charge in [0, 0.05) is 31.4 Å². The van der Waals surface area contributed by atoms with Gasteiger partial charge in [-0.15, -0.1) is 0 Å². The summed E-state index contributed by atoms with van der Waals surface area (Å²) < 4.78 is 2.00. The minimum Gasteiger partial charge on any atom is -0.310 e. The fourth-order valence-corrected chi connectivity index (χ4v) is 3.52. The molecule has 1 aromatic carbocycles. The summed E-state index contributed by atoms with van der Waals surface area (Å²) in [6.07, 6.45) is 7.01. The molecular formula is C18H21N5O. The minimum absolute atomic E-state index is 0.0508. The average molecular weight is 323 g/mol. The molecule has 0 saturated carbocycles. The SMILES string of the molecule is O=c1[nH]c(CCN2CCC[C@H]2Cn2cccn2)nc2ccccc12. The highest BCUT2D eigenvalue weighted by molar-refractivity contribution is 5.77. The van der Waals surface area contributed by atoms with E-state index in [9.17, 15) is 4.79 Å². The second kappa shape index (κ2) is 6.57. The van der Waals surface area contributed by atoms with Crippen LogP contribution < -0.4 is 5.56 Å². The van der Waals surface area contributed by atoms with E-state index in [1.54, 1.807) is 0 Å². The van der Waals surface area contributed by atoms with Crippen molar-refractivity contribution < 1.29 is 0 Å². The maximum absolute atomic E-state index is 12.2. The highest BCUT2D eigenvalue weighted by atomic mass is 16.1. The van der Waals surface area contributed by atoms with Crippen molar-refractivity contribution in [3.8, 4) is 0 Å². The van der Waals surface area contributed by atoms with E-state index < -0.39 is 0 Å². The molecule has 6 heteroatoms. The number of hydrogen-bond acceptors (Lipinski definition) is 4. The molecule has 0 bridgehead atoms. The molecule has 1 atom stereocenters. The molecule has 1 N–H and O–H groups in total. The highest BCUT2D eigenvalue weighted by Crippen LogP contribution is 2.19. The minimum atomic E-state index is -0.0508. The van der Waals surface area contributed by atoms with Gasteiger partial charge in [-0.25, -0.2) is 4.98 Å². The van der Waals surface area contributed by atoms with Gasteiger partial charge in [0.1, 0.15) is 5.82 Å². The zero-order valence-electron chi connectivity index (χ0n) is 13.6. The number of para-hydroxylation sites is 1. The van der Waals surface area contributed by atoms with Crippen LogP contribution >= 0.6 is 0 Å². The quantitative estimate of drug-likeness (QED) is 0.778. The van der Waals surface area contributed by atoms with Crippen molar-refractivity contribution in [1.29, 1.82) is 0 Å². The van der Waals surface area contributed by atoms with Crippen LogP contribution in [0, 0.1) is 0 Å². The van der Waals surface area contributed by atoms with E-state index in [4.69, 9.17) is 0 Å². The Bertz CT molecular complexity index is 871. The van der Waals surface area contributed by atoms with Crippen LogP contribution in [0.3, 0.4) is 0 Å². The first-order valence-corrected chi connectivity index (χ1v) is 8.49. The molecule has 1 aliphatic rings. The van der Waals surface area contributed by atoms with Crippen molar-refractivity contribution in [2.75, 3.05) is 13.1 Å². The van der Waals surface area contributed by atoms with Crippen LogP contribution in [0.5, 0.6) is 0 Å². The molecule has 24 heavy (non-hydrogen) atoms. The van der Waals surface area contributed by atoms with E-state index in [0.29, 0.717) is 11.4 Å². The molecule has 1 saturated heterocycles. The van der Waals surface area contributed by atoms with Crippen molar-refractivity contribution in [2.45, 2.75) is 31.8 Å². The molecule has 0 aliphatic carbocycles. The Morgan fingerprint density at radius 3 is 3.04 bits per heavy atom. The molecule has 2 aromatic heterocycles. The van der Waals surface area contributed by atoms with Crippen LogP contribution in [0.1, 0.15) is 18.7 Å². The number of aromatic amines is 1. The first-order chi connectivity index (χ1) is 11.8. The smallest absolute Gasteiger partial charge is 0.258 e. The van der Waals surface area contributed by atoms with Gasteiger partial charge in [0.15, 0.2) is 0 Å². The van der Waals surface area contributed by atoms with Gasteiger partial charge in [-0.2, -0.15) is 5.10 Å². The van der Waals surface area contributed by atoms with Crippen molar-refractivity contribution in [2.24, 2.45) is 0 Å². The average Bonchev–Trinajstić information content (AvgIpc) is 3.25. The van der Waals surface area contributed by atoms with E-state index >= 15 is 0 Å². The lowest BCUT2D eigenvalue weighted by Crippen LogP contribution is -2.35. The molecule has 3 aromatic rings. The summed E-state index contributed by atoms with van der Waals surface area (Å²) in [5, 5.41) is 4.96. The summed E-state index contributed by atoms with van der Waals surface area (Å²) >= 11 is 0. The summed E-state index contributed by atoms with van der Waals surface area (Å²) in [5.41, 5.74) is 0.718. The molecule has 0 amide bonds. The molecule has 3 heterocycles. The third-order valence-corrected chi connectivity index (χ3v) is 4.75. The second-order valence-corrected chi connectivity index (χ2v) is 6.34. The van der Waals surface area contributed by atoms with E-state index in [2.05, 4.69) is 20.0 Å². The summed E-state index contributed by atoms with van der Waals surface area (Å²) in [7, 11) is 0. The fraction of sp³-hybridized carbons (Fsp3) is 0.389. The third-order valence-electron chi connectivity index (χ3n) is 4.75. The van der Waals surface area contributed by atoms with Gasteiger partial charge >= 0.3 is 0 Å². The fourth-order valence-electron chi connectivity index (χ4n) is 3.52. The zero-order valence-corrected chi connectivity index (χ0v) is 13.6. The predicted octanol–water partition coefficient (Wildman–Crippen LogP) is 1.83. The van der Waals surface area contributed by atoms with Gasteiger partial charge in [0.05, 0.1) is 17.4 Å². The monoisotopic (exact) mass is 323 g/mol. The maximum atomic E-state index is 12.2. The number of rotatable bonds is 5. The topological polar surface area (TPSA) is 66.8 Å². The largest absolute Gasteiger partial charge is 0.310 e. The van der Waals surface area contributed by atoms with Gasteiger partial charge < -0.3 is 4.98 Å². The van der Waals surface area contributed by atoms with Gasteiger partial charge in [0.25, 0.3) is 5.56 Å². The Hall–Kier alpha value is -2.47. The molecule has 124 valence electrons. The first-order valence-electron chi connectivity index (χ1n) is 8.49. The van der Waals surface area contributed by atoms with Crippen LogP contribution in [-0.4, -0.2) is 43.8 Å². The number of nitrogens with one attached hydrogen (secondary N) is 1. The third kappa shape index (κ3) is 3.10. The Morgan fingerprint density at radius 2 is 2.17 bits per heavy atom. The van der Waals surface area contributed by atoms with Crippen LogP contribution in [0.25, 0.3) is 10.9 Å². The molecular weight excluding hydrogens is 302 g/mol. The number of hydrogen-bond donors (Lipinski definition) is 1. The van der Waals surface area contributed by atoms with Crippen LogP contribution in [0.2, 0.25) is 0 Å². The van der Waals surface area contributed by atoms with Crippen LogP contribution in [0.15, 0.2) is 47.5 Å². The maximum Gasteiger partial charge on any atom is 0.258 e. The van der Waals surface area contributed by atoms with Crippen molar-refractivity contribution in [1.82, 2.24) is 24.6 Å². The zero-order chi connectivity index (χ0) is 16.4.